The van der Waals surface area contributed by atoms with Crippen molar-refractivity contribution >= 4 is 11.8 Å². The SMILES string of the molecule is Cc1cccc(-c2cc(NC3CN4CCC3CC4)nc(N)n2)c1C. The van der Waals surface area contributed by atoms with Gasteiger partial charge >= 0.3 is 0 Å². The Balaban J connectivity index is 1.63. The van der Waals surface area contributed by atoms with E-state index in [4.69, 9.17) is 5.73 Å². The van der Waals surface area contributed by atoms with Gasteiger partial charge in [-0.3, -0.25) is 0 Å². The molecule has 5 nitrogen and oxygen atoms in total. The van der Waals surface area contributed by atoms with Gasteiger partial charge in [-0.05, 0) is 56.8 Å². The maximum Gasteiger partial charge on any atom is 0.222 e. The molecule has 1 atom stereocenters. The Hall–Kier alpha value is -2.14. The molecule has 4 heterocycles. The first-order valence-corrected chi connectivity index (χ1v) is 8.80. The fourth-order valence-corrected chi connectivity index (χ4v) is 4.02. The summed E-state index contributed by atoms with van der Waals surface area (Å²) in [6.45, 7) is 7.83. The molecule has 3 fully saturated rings. The van der Waals surface area contributed by atoms with Crippen LogP contribution in [-0.2, 0) is 0 Å². The molecule has 0 radical (unpaired) electrons. The number of anilines is 2. The second-order valence-corrected chi connectivity index (χ2v) is 7.13. The Bertz CT molecular complexity index is 749. The molecule has 3 N–H and O–H groups in total. The minimum absolute atomic E-state index is 0.331. The van der Waals surface area contributed by atoms with Crippen molar-refractivity contribution in [1.82, 2.24) is 14.9 Å². The van der Waals surface area contributed by atoms with Gasteiger partial charge in [-0.15, -0.1) is 0 Å². The Kier molecular flexibility index (Phi) is 3.88. The highest BCUT2D eigenvalue weighted by Crippen LogP contribution is 2.31. The van der Waals surface area contributed by atoms with Gasteiger partial charge in [0.2, 0.25) is 5.95 Å². The van der Waals surface area contributed by atoms with Gasteiger partial charge in [0, 0.05) is 24.2 Å². The van der Waals surface area contributed by atoms with E-state index in [0.29, 0.717) is 12.0 Å². The van der Waals surface area contributed by atoms with Gasteiger partial charge in [0.25, 0.3) is 0 Å². The summed E-state index contributed by atoms with van der Waals surface area (Å²) in [5, 5.41) is 3.62. The number of nitrogens with one attached hydrogen (secondary N) is 1. The molecule has 0 aliphatic carbocycles. The number of nitrogens with zero attached hydrogens (tertiary/aromatic N) is 3. The maximum absolute atomic E-state index is 5.99. The maximum atomic E-state index is 5.99. The zero-order valence-corrected chi connectivity index (χ0v) is 14.4. The van der Waals surface area contributed by atoms with Gasteiger partial charge in [-0.25, -0.2) is 4.98 Å². The highest BCUT2D eigenvalue weighted by Gasteiger charge is 2.34. The monoisotopic (exact) mass is 323 g/mol. The lowest BCUT2D eigenvalue weighted by Crippen LogP contribution is -2.53. The topological polar surface area (TPSA) is 67.1 Å². The number of aryl methyl sites for hydroxylation is 1. The highest BCUT2D eigenvalue weighted by atomic mass is 15.2. The van der Waals surface area contributed by atoms with Crippen LogP contribution in [-0.4, -0.2) is 40.5 Å². The van der Waals surface area contributed by atoms with Crippen molar-refractivity contribution in [1.29, 1.82) is 0 Å². The molecule has 0 amide bonds. The van der Waals surface area contributed by atoms with E-state index in [2.05, 4.69) is 52.2 Å². The first-order valence-electron chi connectivity index (χ1n) is 8.80. The minimum Gasteiger partial charge on any atom is -0.368 e. The van der Waals surface area contributed by atoms with E-state index in [1.54, 1.807) is 0 Å². The van der Waals surface area contributed by atoms with Crippen LogP contribution < -0.4 is 11.1 Å². The fraction of sp³-hybridized carbons (Fsp3) is 0.474. The average Bonchev–Trinajstić information content (AvgIpc) is 2.58. The summed E-state index contributed by atoms with van der Waals surface area (Å²) in [7, 11) is 0. The van der Waals surface area contributed by atoms with Crippen molar-refractivity contribution in [3.05, 3.63) is 35.4 Å². The van der Waals surface area contributed by atoms with Crippen LogP contribution in [0.3, 0.4) is 0 Å². The fourth-order valence-electron chi connectivity index (χ4n) is 4.02. The highest BCUT2D eigenvalue weighted by molar-refractivity contribution is 5.68. The zero-order valence-electron chi connectivity index (χ0n) is 14.4. The Morgan fingerprint density at radius 1 is 1.17 bits per heavy atom. The van der Waals surface area contributed by atoms with Crippen molar-refractivity contribution in [3.63, 3.8) is 0 Å². The van der Waals surface area contributed by atoms with Gasteiger partial charge in [-0.1, -0.05) is 18.2 Å². The van der Waals surface area contributed by atoms with E-state index >= 15 is 0 Å². The lowest BCUT2D eigenvalue weighted by molar-refractivity contribution is 0.0974. The van der Waals surface area contributed by atoms with Gasteiger partial charge < -0.3 is 16.0 Å². The third kappa shape index (κ3) is 2.84. The standard InChI is InChI=1S/C19H25N5/c1-12-4-3-5-15(13(12)2)16-10-18(23-19(20)22-16)21-17-11-24-8-6-14(17)7-9-24/h3-5,10,14,17H,6-9,11H2,1-2H3,(H3,20,21,22,23). The molecule has 3 aliphatic heterocycles. The van der Waals surface area contributed by atoms with Crippen LogP contribution in [0.5, 0.6) is 0 Å². The predicted octanol–water partition coefficient (Wildman–Crippen LogP) is 2.85. The van der Waals surface area contributed by atoms with Crippen LogP contribution in [0, 0.1) is 19.8 Å². The summed E-state index contributed by atoms with van der Waals surface area (Å²) in [5.41, 5.74) is 10.5. The number of aromatic nitrogens is 2. The summed E-state index contributed by atoms with van der Waals surface area (Å²) < 4.78 is 0. The first kappa shape index (κ1) is 15.4. The van der Waals surface area contributed by atoms with Gasteiger partial charge in [0.15, 0.2) is 0 Å². The molecule has 3 aliphatic rings. The Morgan fingerprint density at radius 3 is 2.67 bits per heavy atom. The van der Waals surface area contributed by atoms with Gasteiger partial charge in [0.05, 0.1) is 5.69 Å². The van der Waals surface area contributed by atoms with Gasteiger partial charge in [-0.2, -0.15) is 4.98 Å². The van der Waals surface area contributed by atoms with E-state index in [0.717, 1.165) is 29.5 Å². The smallest absolute Gasteiger partial charge is 0.222 e. The number of hydrogen-bond donors (Lipinski definition) is 2. The van der Waals surface area contributed by atoms with E-state index in [-0.39, 0.29) is 0 Å². The summed E-state index contributed by atoms with van der Waals surface area (Å²) in [6, 6.07) is 8.79. The molecule has 1 aromatic carbocycles. The molecular weight excluding hydrogens is 298 g/mol. The second-order valence-electron chi connectivity index (χ2n) is 7.13. The van der Waals surface area contributed by atoms with Crippen molar-refractivity contribution < 1.29 is 0 Å². The number of hydrogen-bond acceptors (Lipinski definition) is 5. The van der Waals surface area contributed by atoms with Crippen LogP contribution in [0.15, 0.2) is 24.3 Å². The number of nitrogen functional groups attached to an aromatic ring is 1. The zero-order chi connectivity index (χ0) is 16.7. The molecule has 5 heteroatoms. The largest absolute Gasteiger partial charge is 0.368 e. The predicted molar refractivity (Wildman–Crippen MR) is 97.9 cm³/mol. The molecule has 2 aromatic rings. The van der Waals surface area contributed by atoms with Crippen LogP contribution in [0.2, 0.25) is 0 Å². The molecule has 2 bridgehead atoms. The van der Waals surface area contributed by atoms with E-state index in [1.165, 1.54) is 37.1 Å². The number of rotatable bonds is 3. The Labute approximate surface area is 143 Å². The van der Waals surface area contributed by atoms with Crippen molar-refractivity contribution in [2.24, 2.45) is 5.92 Å². The lowest BCUT2D eigenvalue weighted by Gasteiger charge is -2.45. The number of nitrogens with two attached hydrogens (primary N) is 1. The average molecular weight is 323 g/mol. The molecule has 5 rings (SSSR count). The number of fused-ring (bicyclic) bond motifs is 3. The normalized spacial score (nSPS) is 25.7. The number of piperidine rings is 3. The van der Waals surface area contributed by atoms with Crippen molar-refractivity contribution in [2.75, 3.05) is 30.7 Å². The lowest BCUT2D eigenvalue weighted by atomic mass is 9.84. The van der Waals surface area contributed by atoms with E-state index in [1.807, 2.05) is 6.07 Å². The third-order valence-electron chi connectivity index (χ3n) is 5.61. The Morgan fingerprint density at radius 2 is 1.96 bits per heavy atom. The van der Waals surface area contributed by atoms with Crippen molar-refractivity contribution in [2.45, 2.75) is 32.7 Å². The molecule has 126 valence electrons. The number of benzene rings is 1. The molecular formula is C19H25N5. The van der Waals surface area contributed by atoms with Crippen LogP contribution in [0.25, 0.3) is 11.3 Å². The molecule has 3 saturated heterocycles. The van der Waals surface area contributed by atoms with Crippen LogP contribution in [0.4, 0.5) is 11.8 Å². The van der Waals surface area contributed by atoms with Crippen LogP contribution in [0.1, 0.15) is 24.0 Å². The summed E-state index contributed by atoms with van der Waals surface area (Å²) in [4.78, 5) is 11.4. The molecule has 1 unspecified atom stereocenters. The molecule has 0 saturated carbocycles. The van der Waals surface area contributed by atoms with E-state index in [9.17, 15) is 0 Å². The summed E-state index contributed by atoms with van der Waals surface area (Å²) in [6.07, 6.45) is 2.56. The third-order valence-corrected chi connectivity index (χ3v) is 5.61. The van der Waals surface area contributed by atoms with Gasteiger partial charge in [0.1, 0.15) is 5.82 Å². The molecule has 1 aromatic heterocycles. The summed E-state index contributed by atoms with van der Waals surface area (Å²) >= 11 is 0. The minimum atomic E-state index is 0.331. The molecule has 24 heavy (non-hydrogen) atoms. The molecule has 0 spiro atoms. The second kappa shape index (κ2) is 6.06. The summed E-state index contributed by atoms with van der Waals surface area (Å²) in [5.74, 6) is 1.92. The van der Waals surface area contributed by atoms with Crippen molar-refractivity contribution in [3.8, 4) is 11.3 Å². The quantitative estimate of drug-likeness (QED) is 0.909. The van der Waals surface area contributed by atoms with E-state index < -0.39 is 0 Å². The first-order chi connectivity index (χ1) is 11.6. The van der Waals surface area contributed by atoms with Crippen LogP contribution >= 0.6 is 0 Å².